The Kier molecular flexibility index (Phi) is 4.29. The van der Waals surface area contributed by atoms with E-state index < -0.39 is 0 Å². The molecule has 4 nitrogen and oxygen atoms in total. The minimum Gasteiger partial charge on any atom is -0.505 e. The summed E-state index contributed by atoms with van der Waals surface area (Å²) in [6.07, 6.45) is 0. The zero-order chi connectivity index (χ0) is 14.7. The summed E-state index contributed by atoms with van der Waals surface area (Å²) in [6.45, 7) is 1.88. The van der Waals surface area contributed by atoms with E-state index in [4.69, 9.17) is 5.73 Å². The molecule has 0 heterocycles. The van der Waals surface area contributed by atoms with Crippen LogP contribution in [0.4, 0.5) is 5.69 Å². The lowest BCUT2D eigenvalue weighted by molar-refractivity contribution is 0.0937. The van der Waals surface area contributed by atoms with Gasteiger partial charge in [-0.2, -0.15) is 0 Å². The van der Waals surface area contributed by atoms with Crippen LogP contribution in [0.2, 0.25) is 0 Å². The molecule has 0 spiro atoms. The first-order chi connectivity index (χ1) is 9.49. The lowest BCUT2D eigenvalue weighted by atomic mass is 10.1. The first-order valence-electron chi connectivity index (χ1n) is 6.13. The van der Waals surface area contributed by atoms with Crippen LogP contribution < -0.4 is 11.1 Å². The number of nitrogens with one attached hydrogen (secondary N) is 1. The predicted molar refractivity (Wildman–Crippen MR) is 82.5 cm³/mol. The zero-order valence-corrected chi connectivity index (χ0v) is 12.5. The fourth-order valence-electron chi connectivity index (χ4n) is 1.85. The third kappa shape index (κ3) is 3.11. The minimum absolute atomic E-state index is 0.170. The summed E-state index contributed by atoms with van der Waals surface area (Å²) in [6, 6.07) is 12.2. The number of carbonyl (C=O) groups excluding carboxylic acids is 1. The Balaban J connectivity index is 2.15. The molecular formula is C15H15BrN2O2. The van der Waals surface area contributed by atoms with Gasteiger partial charge in [0, 0.05) is 4.47 Å². The molecule has 0 radical (unpaired) electrons. The molecule has 2 aromatic rings. The highest BCUT2D eigenvalue weighted by Crippen LogP contribution is 2.25. The molecule has 0 aliphatic carbocycles. The van der Waals surface area contributed by atoms with Crippen LogP contribution in [0, 0.1) is 0 Å². The first-order valence-corrected chi connectivity index (χ1v) is 6.92. The molecule has 20 heavy (non-hydrogen) atoms. The molecule has 5 heteroatoms. The van der Waals surface area contributed by atoms with Crippen molar-refractivity contribution in [3.8, 4) is 5.75 Å². The predicted octanol–water partition coefficient (Wildman–Crippen LogP) is 3.23. The Morgan fingerprint density at radius 2 is 1.90 bits per heavy atom. The molecule has 4 N–H and O–H groups in total. The molecule has 1 atom stereocenters. The van der Waals surface area contributed by atoms with Crippen molar-refractivity contribution < 1.29 is 9.90 Å². The third-order valence-corrected chi connectivity index (χ3v) is 3.56. The summed E-state index contributed by atoms with van der Waals surface area (Å²) in [5.74, 6) is -0.543. The van der Waals surface area contributed by atoms with Gasteiger partial charge in [0.2, 0.25) is 0 Å². The van der Waals surface area contributed by atoms with Gasteiger partial charge in [0.15, 0.2) is 5.75 Å². The number of hydrogen-bond donors (Lipinski definition) is 3. The number of hydrogen-bond acceptors (Lipinski definition) is 3. The van der Waals surface area contributed by atoms with Crippen LogP contribution in [0.1, 0.15) is 28.9 Å². The number of carbonyl (C=O) groups is 1. The van der Waals surface area contributed by atoms with Gasteiger partial charge in [-0.3, -0.25) is 4.79 Å². The molecule has 104 valence electrons. The molecule has 1 amide bonds. The molecule has 0 saturated heterocycles. The zero-order valence-electron chi connectivity index (χ0n) is 10.9. The maximum absolute atomic E-state index is 12.1. The molecule has 2 rings (SSSR count). The number of halogens is 1. The number of nitrogen functional groups attached to an aromatic ring is 1. The molecule has 0 aliphatic heterocycles. The van der Waals surface area contributed by atoms with Crippen molar-refractivity contribution in [2.75, 3.05) is 5.73 Å². The minimum atomic E-state index is -0.356. The van der Waals surface area contributed by atoms with Crippen molar-refractivity contribution >= 4 is 27.5 Å². The lowest BCUT2D eigenvalue weighted by Gasteiger charge is -2.15. The molecule has 0 fully saturated rings. The number of amides is 1. The quantitative estimate of drug-likeness (QED) is 0.595. The number of rotatable bonds is 3. The van der Waals surface area contributed by atoms with Crippen LogP contribution in [0.15, 0.2) is 46.9 Å². The molecule has 1 unspecified atom stereocenters. The van der Waals surface area contributed by atoms with Gasteiger partial charge in [-0.25, -0.2) is 0 Å². The summed E-state index contributed by atoms with van der Waals surface area (Å²) in [5.41, 5.74) is 6.92. The van der Waals surface area contributed by atoms with E-state index in [-0.39, 0.29) is 28.9 Å². The summed E-state index contributed by atoms with van der Waals surface area (Å²) < 4.78 is 0.980. The standard InChI is InChI=1S/C15H15BrN2O2/c1-9(10-5-7-11(16)8-6-10)18-15(20)12-3-2-4-13(17)14(12)19/h2-9,19H,17H2,1H3,(H,18,20). The molecule has 0 saturated carbocycles. The number of anilines is 1. The highest BCUT2D eigenvalue weighted by atomic mass is 79.9. The SMILES string of the molecule is CC(NC(=O)c1cccc(N)c1O)c1ccc(Br)cc1. The number of nitrogens with two attached hydrogens (primary N) is 1. The Bertz CT molecular complexity index is 626. The van der Waals surface area contributed by atoms with Crippen LogP contribution in [-0.4, -0.2) is 11.0 Å². The van der Waals surface area contributed by atoms with Crippen LogP contribution in [-0.2, 0) is 0 Å². The summed E-state index contributed by atoms with van der Waals surface area (Å²) in [4.78, 5) is 12.1. The van der Waals surface area contributed by atoms with E-state index in [0.29, 0.717) is 0 Å². The maximum atomic E-state index is 12.1. The van der Waals surface area contributed by atoms with E-state index in [1.54, 1.807) is 12.1 Å². The van der Waals surface area contributed by atoms with Crippen molar-refractivity contribution in [3.05, 3.63) is 58.1 Å². The maximum Gasteiger partial charge on any atom is 0.255 e. The van der Waals surface area contributed by atoms with Crippen LogP contribution in [0.5, 0.6) is 5.75 Å². The molecule has 0 bridgehead atoms. The average Bonchev–Trinajstić information content (AvgIpc) is 2.42. The normalized spacial score (nSPS) is 11.9. The number of phenols is 1. The van der Waals surface area contributed by atoms with Crippen molar-refractivity contribution in [1.29, 1.82) is 0 Å². The topological polar surface area (TPSA) is 75.4 Å². The summed E-state index contributed by atoms with van der Waals surface area (Å²) in [5, 5.41) is 12.6. The Labute approximate surface area is 125 Å². The van der Waals surface area contributed by atoms with Crippen molar-refractivity contribution in [2.24, 2.45) is 0 Å². The van der Waals surface area contributed by atoms with Gasteiger partial charge >= 0.3 is 0 Å². The third-order valence-electron chi connectivity index (χ3n) is 3.03. The van der Waals surface area contributed by atoms with Gasteiger partial charge in [-0.1, -0.05) is 34.1 Å². The van der Waals surface area contributed by atoms with Gasteiger partial charge in [-0.15, -0.1) is 0 Å². The molecule has 0 aliphatic rings. The van der Waals surface area contributed by atoms with Gasteiger partial charge in [-0.05, 0) is 36.8 Å². The Morgan fingerprint density at radius 3 is 2.55 bits per heavy atom. The second kappa shape index (κ2) is 5.96. The van der Waals surface area contributed by atoms with Crippen LogP contribution in [0.25, 0.3) is 0 Å². The highest BCUT2D eigenvalue weighted by Gasteiger charge is 2.15. The monoisotopic (exact) mass is 334 g/mol. The van der Waals surface area contributed by atoms with Gasteiger partial charge < -0.3 is 16.2 Å². The molecule has 2 aromatic carbocycles. The van der Waals surface area contributed by atoms with E-state index in [9.17, 15) is 9.90 Å². The van der Waals surface area contributed by atoms with Gasteiger partial charge in [0.25, 0.3) is 5.91 Å². The van der Waals surface area contributed by atoms with E-state index in [0.717, 1.165) is 10.0 Å². The van der Waals surface area contributed by atoms with Gasteiger partial charge in [0.05, 0.1) is 17.3 Å². The van der Waals surface area contributed by atoms with Crippen molar-refractivity contribution in [3.63, 3.8) is 0 Å². The number of benzene rings is 2. The van der Waals surface area contributed by atoms with E-state index in [2.05, 4.69) is 21.2 Å². The second-order valence-electron chi connectivity index (χ2n) is 4.49. The van der Waals surface area contributed by atoms with E-state index in [1.165, 1.54) is 6.07 Å². The number of phenolic OH excluding ortho intramolecular Hbond substituents is 1. The van der Waals surface area contributed by atoms with Crippen molar-refractivity contribution in [1.82, 2.24) is 5.32 Å². The average molecular weight is 335 g/mol. The number of para-hydroxylation sites is 1. The smallest absolute Gasteiger partial charge is 0.255 e. The van der Waals surface area contributed by atoms with Crippen LogP contribution >= 0.6 is 15.9 Å². The highest BCUT2D eigenvalue weighted by molar-refractivity contribution is 9.10. The largest absolute Gasteiger partial charge is 0.505 e. The Hall–Kier alpha value is -2.01. The first kappa shape index (κ1) is 14.4. The molecule has 0 aromatic heterocycles. The van der Waals surface area contributed by atoms with Crippen molar-refractivity contribution in [2.45, 2.75) is 13.0 Å². The summed E-state index contributed by atoms with van der Waals surface area (Å²) in [7, 11) is 0. The fraction of sp³-hybridized carbons (Fsp3) is 0.133. The number of aromatic hydroxyl groups is 1. The van der Waals surface area contributed by atoms with Crippen LogP contribution in [0.3, 0.4) is 0 Å². The van der Waals surface area contributed by atoms with Gasteiger partial charge in [0.1, 0.15) is 0 Å². The lowest BCUT2D eigenvalue weighted by Crippen LogP contribution is -2.26. The molecular weight excluding hydrogens is 320 g/mol. The second-order valence-corrected chi connectivity index (χ2v) is 5.41. The van der Waals surface area contributed by atoms with E-state index in [1.807, 2.05) is 31.2 Å². The fourth-order valence-corrected chi connectivity index (χ4v) is 2.12. The van der Waals surface area contributed by atoms with E-state index >= 15 is 0 Å². The summed E-state index contributed by atoms with van der Waals surface area (Å²) >= 11 is 3.37. The Morgan fingerprint density at radius 1 is 1.25 bits per heavy atom.